The molecule has 0 atom stereocenters. The van der Waals surface area contributed by atoms with Crippen LogP contribution in [0.1, 0.15) is 16.1 Å². The van der Waals surface area contributed by atoms with Crippen LogP contribution in [0.2, 0.25) is 0 Å². The number of hydrogen-bond acceptors (Lipinski definition) is 3. The average Bonchev–Trinajstić information content (AvgIpc) is 2.48. The second-order valence-electron chi connectivity index (χ2n) is 4.50. The van der Waals surface area contributed by atoms with E-state index in [1.165, 1.54) is 18.0 Å². The van der Waals surface area contributed by atoms with Crippen LogP contribution in [0, 0.1) is 6.92 Å². The summed E-state index contributed by atoms with van der Waals surface area (Å²) in [5.74, 6) is -1.08. The fraction of sp³-hybridized carbons (Fsp3) is 0.133. The van der Waals surface area contributed by atoms with E-state index in [0.29, 0.717) is 11.4 Å². The number of pyridine rings is 1. The molecule has 1 aromatic heterocycles. The zero-order valence-electron chi connectivity index (χ0n) is 11.7. The molecule has 0 radical (unpaired) electrons. The summed E-state index contributed by atoms with van der Waals surface area (Å²) < 4.78 is 0. The third-order valence-corrected chi connectivity index (χ3v) is 2.96. The highest BCUT2D eigenvalue weighted by Crippen LogP contribution is 2.20. The number of rotatable bonds is 3. The smallest absolute Gasteiger partial charge is 0.337 e. The Bertz CT molecular complexity index is 668. The van der Waals surface area contributed by atoms with Gasteiger partial charge in [-0.25, -0.2) is 9.59 Å². The van der Waals surface area contributed by atoms with Crippen molar-refractivity contribution in [1.29, 1.82) is 0 Å². The van der Waals surface area contributed by atoms with Gasteiger partial charge in [0.2, 0.25) is 0 Å². The van der Waals surface area contributed by atoms with Crippen LogP contribution in [-0.4, -0.2) is 29.1 Å². The molecular weight excluding hydrogens is 270 g/mol. The minimum Gasteiger partial charge on any atom is -0.478 e. The molecule has 0 aliphatic carbocycles. The summed E-state index contributed by atoms with van der Waals surface area (Å²) >= 11 is 0. The minimum atomic E-state index is -1.08. The molecular formula is C15H15N3O3. The normalized spacial score (nSPS) is 10.0. The number of carbonyl (C=O) groups is 2. The van der Waals surface area contributed by atoms with Crippen molar-refractivity contribution < 1.29 is 14.7 Å². The topological polar surface area (TPSA) is 82.5 Å². The quantitative estimate of drug-likeness (QED) is 0.908. The van der Waals surface area contributed by atoms with E-state index in [2.05, 4.69) is 10.3 Å². The lowest BCUT2D eigenvalue weighted by molar-refractivity contribution is 0.0697. The van der Waals surface area contributed by atoms with Crippen molar-refractivity contribution >= 4 is 23.4 Å². The van der Waals surface area contributed by atoms with Gasteiger partial charge >= 0.3 is 12.0 Å². The molecule has 21 heavy (non-hydrogen) atoms. The molecule has 0 aliphatic heterocycles. The van der Waals surface area contributed by atoms with Crippen molar-refractivity contribution in [2.75, 3.05) is 17.3 Å². The maximum atomic E-state index is 12.2. The van der Waals surface area contributed by atoms with Crippen LogP contribution in [-0.2, 0) is 0 Å². The van der Waals surface area contributed by atoms with Crippen LogP contribution in [0.25, 0.3) is 0 Å². The molecule has 0 fully saturated rings. The molecule has 1 heterocycles. The molecule has 1 aromatic carbocycles. The van der Waals surface area contributed by atoms with Crippen LogP contribution >= 0.6 is 0 Å². The third-order valence-electron chi connectivity index (χ3n) is 2.96. The predicted octanol–water partition coefficient (Wildman–Crippen LogP) is 2.76. The molecule has 0 unspecified atom stereocenters. The van der Waals surface area contributed by atoms with Crippen molar-refractivity contribution in [2.45, 2.75) is 6.92 Å². The molecule has 0 bridgehead atoms. The van der Waals surface area contributed by atoms with Gasteiger partial charge in [-0.2, -0.15) is 0 Å². The Hall–Kier alpha value is -2.89. The standard InChI is InChI=1S/C15H15N3O3/c1-10-7-8-11(9-16-10)17-15(21)18(2)13-6-4-3-5-12(13)14(19)20/h3-9H,1-2H3,(H,17,21)(H,19,20). The van der Waals surface area contributed by atoms with E-state index in [1.54, 1.807) is 36.5 Å². The van der Waals surface area contributed by atoms with Gasteiger partial charge < -0.3 is 10.4 Å². The lowest BCUT2D eigenvalue weighted by atomic mass is 10.1. The molecule has 0 saturated carbocycles. The first kappa shape index (κ1) is 14.5. The van der Waals surface area contributed by atoms with Gasteiger partial charge in [0.1, 0.15) is 0 Å². The SMILES string of the molecule is Cc1ccc(NC(=O)N(C)c2ccccc2C(=O)O)cn1. The van der Waals surface area contributed by atoms with E-state index in [4.69, 9.17) is 5.11 Å². The van der Waals surface area contributed by atoms with Crippen LogP contribution in [0.15, 0.2) is 42.6 Å². The number of carbonyl (C=O) groups excluding carboxylic acids is 1. The molecule has 2 aromatic rings. The second kappa shape index (κ2) is 6.04. The van der Waals surface area contributed by atoms with Crippen LogP contribution in [0.4, 0.5) is 16.2 Å². The van der Waals surface area contributed by atoms with Gasteiger partial charge in [0, 0.05) is 12.7 Å². The number of nitrogens with zero attached hydrogens (tertiary/aromatic N) is 2. The van der Waals surface area contributed by atoms with E-state index >= 15 is 0 Å². The number of urea groups is 1. The van der Waals surface area contributed by atoms with E-state index < -0.39 is 12.0 Å². The molecule has 0 saturated heterocycles. The minimum absolute atomic E-state index is 0.0668. The first-order valence-electron chi connectivity index (χ1n) is 6.28. The zero-order valence-corrected chi connectivity index (χ0v) is 11.7. The number of amides is 2. The van der Waals surface area contributed by atoms with Gasteiger partial charge in [-0.05, 0) is 31.2 Å². The average molecular weight is 285 g/mol. The van der Waals surface area contributed by atoms with Crippen molar-refractivity contribution in [3.05, 3.63) is 53.9 Å². The maximum Gasteiger partial charge on any atom is 0.337 e. The highest BCUT2D eigenvalue weighted by Gasteiger charge is 2.17. The Kier molecular flexibility index (Phi) is 4.18. The fourth-order valence-electron chi connectivity index (χ4n) is 1.81. The Morgan fingerprint density at radius 1 is 1.19 bits per heavy atom. The highest BCUT2D eigenvalue weighted by molar-refractivity contribution is 6.05. The van der Waals surface area contributed by atoms with Crippen LogP contribution in [0.5, 0.6) is 0 Å². The summed E-state index contributed by atoms with van der Waals surface area (Å²) in [6, 6.07) is 9.40. The molecule has 108 valence electrons. The summed E-state index contributed by atoms with van der Waals surface area (Å²) in [7, 11) is 1.51. The van der Waals surface area contributed by atoms with Gasteiger partial charge in [-0.15, -0.1) is 0 Å². The number of aryl methyl sites for hydroxylation is 1. The van der Waals surface area contributed by atoms with Gasteiger partial charge in [0.25, 0.3) is 0 Å². The number of aromatic carboxylic acids is 1. The summed E-state index contributed by atoms with van der Waals surface area (Å²) in [6.07, 6.45) is 1.55. The number of hydrogen-bond donors (Lipinski definition) is 2. The van der Waals surface area contributed by atoms with E-state index in [0.717, 1.165) is 5.69 Å². The van der Waals surface area contributed by atoms with Crippen molar-refractivity contribution in [2.24, 2.45) is 0 Å². The van der Waals surface area contributed by atoms with Crippen molar-refractivity contribution in [3.63, 3.8) is 0 Å². The summed E-state index contributed by atoms with van der Waals surface area (Å²) in [4.78, 5) is 28.7. The molecule has 2 N–H and O–H groups in total. The maximum absolute atomic E-state index is 12.2. The Labute approximate surface area is 122 Å². The Balaban J connectivity index is 2.20. The molecule has 2 amide bonds. The van der Waals surface area contributed by atoms with Crippen LogP contribution in [0.3, 0.4) is 0 Å². The molecule has 2 rings (SSSR count). The first-order chi connectivity index (χ1) is 9.99. The number of carboxylic acids is 1. The lowest BCUT2D eigenvalue weighted by Crippen LogP contribution is -2.32. The number of carboxylic acid groups (broad SMARTS) is 1. The Morgan fingerprint density at radius 2 is 1.90 bits per heavy atom. The lowest BCUT2D eigenvalue weighted by Gasteiger charge is -2.19. The van der Waals surface area contributed by atoms with E-state index in [-0.39, 0.29) is 5.56 Å². The first-order valence-corrected chi connectivity index (χ1v) is 6.28. The molecule has 6 nitrogen and oxygen atoms in total. The number of anilines is 2. The van der Waals surface area contributed by atoms with Gasteiger partial charge in [0.15, 0.2) is 0 Å². The fourth-order valence-corrected chi connectivity index (χ4v) is 1.81. The third kappa shape index (κ3) is 3.36. The van der Waals surface area contributed by atoms with Gasteiger partial charge in [-0.1, -0.05) is 12.1 Å². The monoisotopic (exact) mass is 285 g/mol. The summed E-state index contributed by atoms with van der Waals surface area (Å²) in [6.45, 7) is 1.85. The van der Waals surface area contributed by atoms with Gasteiger partial charge in [0.05, 0.1) is 23.1 Å². The molecule has 6 heteroatoms. The van der Waals surface area contributed by atoms with E-state index in [9.17, 15) is 9.59 Å². The van der Waals surface area contributed by atoms with Crippen molar-refractivity contribution in [3.8, 4) is 0 Å². The highest BCUT2D eigenvalue weighted by atomic mass is 16.4. The summed E-state index contributed by atoms with van der Waals surface area (Å²) in [5, 5.41) is 11.8. The van der Waals surface area contributed by atoms with Crippen molar-refractivity contribution in [1.82, 2.24) is 4.98 Å². The second-order valence-corrected chi connectivity index (χ2v) is 4.50. The van der Waals surface area contributed by atoms with E-state index in [1.807, 2.05) is 6.92 Å². The summed E-state index contributed by atoms with van der Waals surface area (Å²) in [5.41, 5.74) is 1.78. The van der Waals surface area contributed by atoms with Crippen LogP contribution < -0.4 is 10.2 Å². The Morgan fingerprint density at radius 3 is 2.52 bits per heavy atom. The molecule has 0 aliphatic rings. The number of nitrogens with one attached hydrogen (secondary N) is 1. The number of aromatic nitrogens is 1. The predicted molar refractivity (Wildman–Crippen MR) is 79.8 cm³/mol. The molecule has 0 spiro atoms. The number of benzene rings is 1. The zero-order chi connectivity index (χ0) is 15.4. The number of para-hydroxylation sites is 1. The van der Waals surface area contributed by atoms with Gasteiger partial charge in [-0.3, -0.25) is 9.88 Å². The largest absolute Gasteiger partial charge is 0.478 e.